The van der Waals surface area contributed by atoms with Crippen LogP contribution in [0.1, 0.15) is 27.2 Å². The molecule has 0 saturated carbocycles. The van der Waals surface area contributed by atoms with Crippen LogP contribution in [0.2, 0.25) is 0 Å². The van der Waals surface area contributed by atoms with Crippen molar-refractivity contribution in [2.45, 2.75) is 39.3 Å². The van der Waals surface area contributed by atoms with Crippen molar-refractivity contribution in [3.8, 4) is 0 Å². The second-order valence-electron chi connectivity index (χ2n) is 5.02. The molecule has 0 spiro atoms. The van der Waals surface area contributed by atoms with E-state index in [-0.39, 0.29) is 0 Å². The van der Waals surface area contributed by atoms with E-state index in [1.165, 1.54) is 19.5 Å². The molecule has 1 aliphatic rings. The van der Waals surface area contributed by atoms with Gasteiger partial charge in [0.15, 0.2) is 0 Å². The zero-order valence-corrected chi connectivity index (χ0v) is 10.7. The predicted octanol–water partition coefficient (Wildman–Crippen LogP) is 0.914. The molecular weight excluding hydrogens is 186 g/mol. The Hall–Kier alpha value is -0.120. The van der Waals surface area contributed by atoms with E-state index in [1.54, 1.807) is 0 Å². The predicted molar refractivity (Wildman–Crippen MR) is 66.2 cm³/mol. The van der Waals surface area contributed by atoms with Crippen molar-refractivity contribution in [3.05, 3.63) is 0 Å². The topological polar surface area (TPSA) is 27.3 Å². The molecule has 0 aromatic rings. The quantitative estimate of drug-likeness (QED) is 0.687. The normalized spacial score (nSPS) is 26.8. The van der Waals surface area contributed by atoms with Crippen molar-refractivity contribution in [1.82, 2.24) is 15.5 Å². The van der Waals surface area contributed by atoms with Crippen molar-refractivity contribution < 1.29 is 0 Å². The lowest BCUT2D eigenvalue weighted by Crippen LogP contribution is -2.45. The molecule has 90 valence electrons. The van der Waals surface area contributed by atoms with E-state index < -0.39 is 0 Å². The molecule has 2 atom stereocenters. The van der Waals surface area contributed by atoms with Crippen molar-refractivity contribution in [2.75, 3.05) is 33.2 Å². The van der Waals surface area contributed by atoms with Crippen LogP contribution >= 0.6 is 0 Å². The number of likely N-dealkylation sites (N-methyl/N-ethyl adjacent to an activating group) is 1. The highest BCUT2D eigenvalue weighted by molar-refractivity contribution is 4.84. The Kier molecular flexibility index (Phi) is 5.58. The minimum Gasteiger partial charge on any atom is -0.318 e. The summed E-state index contributed by atoms with van der Waals surface area (Å²) in [5, 5.41) is 6.83. The first kappa shape index (κ1) is 12.9. The number of rotatable bonds is 6. The summed E-state index contributed by atoms with van der Waals surface area (Å²) in [4.78, 5) is 2.57. The molecule has 2 N–H and O–H groups in total. The zero-order valence-electron chi connectivity index (χ0n) is 10.7. The van der Waals surface area contributed by atoms with Crippen molar-refractivity contribution in [2.24, 2.45) is 5.92 Å². The molecule has 1 saturated heterocycles. The summed E-state index contributed by atoms with van der Waals surface area (Å²) < 4.78 is 0. The molecule has 0 aliphatic carbocycles. The van der Waals surface area contributed by atoms with Gasteiger partial charge in [0.05, 0.1) is 0 Å². The molecule has 0 amide bonds. The lowest BCUT2D eigenvalue weighted by atomic mass is 10.0. The highest BCUT2D eigenvalue weighted by Gasteiger charge is 2.25. The first-order valence-electron chi connectivity index (χ1n) is 6.27. The molecule has 3 nitrogen and oxygen atoms in total. The molecule has 3 heteroatoms. The van der Waals surface area contributed by atoms with Crippen molar-refractivity contribution in [3.63, 3.8) is 0 Å². The average molecular weight is 213 g/mol. The van der Waals surface area contributed by atoms with Gasteiger partial charge >= 0.3 is 0 Å². The van der Waals surface area contributed by atoms with Crippen LogP contribution < -0.4 is 10.6 Å². The fourth-order valence-electron chi connectivity index (χ4n) is 2.21. The van der Waals surface area contributed by atoms with E-state index in [0.717, 1.165) is 19.0 Å². The van der Waals surface area contributed by atoms with Crippen LogP contribution in [0.25, 0.3) is 0 Å². The largest absolute Gasteiger partial charge is 0.318 e. The summed E-state index contributed by atoms with van der Waals surface area (Å²) in [6.07, 6.45) is 1.34. The average Bonchev–Trinajstić information content (AvgIpc) is 2.58. The maximum Gasteiger partial charge on any atom is 0.0221 e. The molecule has 1 fully saturated rings. The Morgan fingerprint density at radius 2 is 2.20 bits per heavy atom. The number of nitrogens with zero attached hydrogens (tertiary/aromatic N) is 1. The van der Waals surface area contributed by atoms with Gasteiger partial charge in [-0.05, 0) is 39.8 Å². The molecule has 15 heavy (non-hydrogen) atoms. The van der Waals surface area contributed by atoms with Gasteiger partial charge in [0, 0.05) is 31.7 Å². The fourth-order valence-corrected chi connectivity index (χ4v) is 2.21. The molecule has 0 radical (unpaired) electrons. The standard InChI is InChI=1S/C12H27N3/c1-10(2)15(8-7-13-4)9-12-11(3)5-6-14-12/h10-14H,5-9H2,1-4H3. The van der Waals surface area contributed by atoms with Crippen LogP contribution in [-0.4, -0.2) is 50.2 Å². The first-order valence-corrected chi connectivity index (χ1v) is 6.27. The third kappa shape index (κ3) is 4.09. The minimum atomic E-state index is 0.646. The zero-order chi connectivity index (χ0) is 11.3. The summed E-state index contributed by atoms with van der Waals surface area (Å²) in [5.41, 5.74) is 0. The third-order valence-electron chi connectivity index (χ3n) is 3.50. The van der Waals surface area contributed by atoms with Crippen LogP contribution in [0.3, 0.4) is 0 Å². The molecule has 0 bridgehead atoms. The summed E-state index contributed by atoms with van der Waals surface area (Å²) in [7, 11) is 2.02. The first-order chi connectivity index (χ1) is 7.15. The van der Waals surface area contributed by atoms with Crippen LogP contribution in [0.15, 0.2) is 0 Å². The molecule has 0 aromatic carbocycles. The van der Waals surface area contributed by atoms with Crippen molar-refractivity contribution in [1.29, 1.82) is 0 Å². The Morgan fingerprint density at radius 1 is 1.47 bits per heavy atom. The lowest BCUT2D eigenvalue weighted by Gasteiger charge is -2.30. The van der Waals surface area contributed by atoms with Gasteiger partial charge in [-0.25, -0.2) is 0 Å². The second kappa shape index (κ2) is 6.46. The van der Waals surface area contributed by atoms with E-state index in [0.29, 0.717) is 12.1 Å². The lowest BCUT2D eigenvalue weighted by molar-refractivity contribution is 0.193. The van der Waals surface area contributed by atoms with Crippen LogP contribution in [0.4, 0.5) is 0 Å². The molecule has 1 rings (SSSR count). The summed E-state index contributed by atoms with van der Waals surface area (Å²) >= 11 is 0. The molecule has 1 heterocycles. The highest BCUT2D eigenvalue weighted by Crippen LogP contribution is 2.16. The molecule has 1 aliphatic heterocycles. The summed E-state index contributed by atoms with van der Waals surface area (Å²) in [6, 6.07) is 1.34. The van der Waals surface area contributed by atoms with Gasteiger partial charge < -0.3 is 10.6 Å². The monoisotopic (exact) mass is 213 g/mol. The fraction of sp³-hybridized carbons (Fsp3) is 1.00. The highest BCUT2D eigenvalue weighted by atomic mass is 15.2. The molecule has 2 unspecified atom stereocenters. The maximum atomic E-state index is 3.61. The van der Waals surface area contributed by atoms with Gasteiger partial charge in [0.2, 0.25) is 0 Å². The maximum absolute atomic E-state index is 3.61. The van der Waals surface area contributed by atoms with Gasteiger partial charge in [-0.3, -0.25) is 4.90 Å². The van der Waals surface area contributed by atoms with Gasteiger partial charge in [-0.1, -0.05) is 6.92 Å². The van der Waals surface area contributed by atoms with Crippen LogP contribution in [-0.2, 0) is 0 Å². The second-order valence-corrected chi connectivity index (χ2v) is 5.02. The van der Waals surface area contributed by atoms with Gasteiger partial charge in [-0.2, -0.15) is 0 Å². The Balaban J connectivity index is 2.35. The smallest absolute Gasteiger partial charge is 0.0221 e. The van der Waals surface area contributed by atoms with Crippen molar-refractivity contribution >= 4 is 0 Å². The Labute approximate surface area is 94.6 Å². The van der Waals surface area contributed by atoms with E-state index in [2.05, 4.69) is 36.3 Å². The summed E-state index contributed by atoms with van der Waals surface area (Å²) in [6.45, 7) is 11.6. The van der Waals surface area contributed by atoms with Gasteiger partial charge in [0.25, 0.3) is 0 Å². The third-order valence-corrected chi connectivity index (χ3v) is 3.50. The number of hydrogen-bond acceptors (Lipinski definition) is 3. The Bertz CT molecular complexity index is 170. The van der Waals surface area contributed by atoms with E-state index in [1.807, 2.05) is 7.05 Å². The number of hydrogen-bond donors (Lipinski definition) is 2. The van der Waals surface area contributed by atoms with Crippen LogP contribution in [0.5, 0.6) is 0 Å². The number of nitrogens with one attached hydrogen (secondary N) is 2. The van der Waals surface area contributed by atoms with Gasteiger partial charge in [0.1, 0.15) is 0 Å². The molecule has 0 aromatic heterocycles. The Morgan fingerprint density at radius 3 is 2.67 bits per heavy atom. The summed E-state index contributed by atoms with van der Waals surface area (Å²) in [5.74, 6) is 0.834. The van der Waals surface area contributed by atoms with Gasteiger partial charge in [-0.15, -0.1) is 0 Å². The SMILES string of the molecule is CNCCN(CC1NCCC1C)C(C)C. The van der Waals surface area contributed by atoms with E-state index in [9.17, 15) is 0 Å². The van der Waals surface area contributed by atoms with Crippen LogP contribution in [0, 0.1) is 5.92 Å². The van der Waals surface area contributed by atoms with E-state index >= 15 is 0 Å². The van der Waals surface area contributed by atoms with E-state index in [4.69, 9.17) is 0 Å². The molecular formula is C12H27N3. The minimum absolute atomic E-state index is 0.646.